The van der Waals surface area contributed by atoms with Gasteiger partial charge in [0.1, 0.15) is 5.82 Å². The van der Waals surface area contributed by atoms with Crippen LogP contribution in [0, 0.1) is 11.7 Å². The topological polar surface area (TPSA) is 92.3 Å². The van der Waals surface area contributed by atoms with E-state index in [1.165, 1.54) is 18.2 Å². The normalized spacial score (nSPS) is 11.3. The zero-order chi connectivity index (χ0) is 20.0. The number of benzene rings is 2. The first-order valence-electron chi connectivity index (χ1n) is 8.36. The van der Waals surface area contributed by atoms with Gasteiger partial charge in [0.15, 0.2) is 9.84 Å². The molecule has 2 amide bonds. The molecule has 0 aliphatic rings. The van der Waals surface area contributed by atoms with Crippen LogP contribution in [-0.2, 0) is 14.6 Å². The molecule has 2 aromatic rings. The Morgan fingerprint density at radius 1 is 1.07 bits per heavy atom. The van der Waals surface area contributed by atoms with Gasteiger partial charge in [-0.25, -0.2) is 12.8 Å². The minimum absolute atomic E-state index is 0.00320. The van der Waals surface area contributed by atoms with Crippen molar-refractivity contribution < 1.29 is 22.4 Å². The van der Waals surface area contributed by atoms with Gasteiger partial charge in [0.25, 0.3) is 5.91 Å². The van der Waals surface area contributed by atoms with Crippen LogP contribution < -0.4 is 10.6 Å². The Balaban J connectivity index is 1.95. The Morgan fingerprint density at radius 2 is 1.74 bits per heavy atom. The lowest BCUT2D eigenvalue weighted by Gasteiger charge is -2.10. The van der Waals surface area contributed by atoms with Gasteiger partial charge in [-0.3, -0.25) is 9.59 Å². The van der Waals surface area contributed by atoms with Crippen molar-refractivity contribution in [3.05, 3.63) is 59.9 Å². The number of hydrogen-bond donors (Lipinski definition) is 2. The lowest BCUT2D eigenvalue weighted by molar-refractivity contribution is -0.118. The molecule has 0 saturated heterocycles. The summed E-state index contributed by atoms with van der Waals surface area (Å²) in [4.78, 5) is 23.9. The number of sulfone groups is 1. The molecule has 0 aromatic heterocycles. The highest BCUT2D eigenvalue weighted by atomic mass is 32.2. The number of carbonyl (C=O) groups excluding carboxylic acids is 2. The third kappa shape index (κ3) is 5.89. The van der Waals surface area contributed by atoms with E-state index >= 15 is 0 Å². The van der Waals surface area contributed by atoms with Crippen molar-refractivity contribution in [2.75, 3.05) is 17.6 Å². The van der Waals surface area contributed by atoms with E-state index in [1.807, 2.05) is 0 Å². The van der Waals surface area contributed by atoms with Crippen LogP contribution in [0.4, 0.5) is 10.1 Å². The second-order valence-corrected chi connectivity index (χ2v) is 8.36. The van der Waals surface area contributed by atoms with Crippen LogP contribution in [0.25, 0.3) is 0 Å². The van der Waals surface area contributed by atoms with Gasteiger partial charge in [0.05, 0.1) is 10.6 Å². The maximum Gasteiger partial charge on any atom is 0.251 e. The molecule has 0 aliphatic carbocycles. The van der Waals surface area contributed by atoms with Crippen molar-refractivity contribution >= 4 is 27.3 Å². The number of carbonyl (C=O) groups is 2. The highest BCUT2D eigenvalue weighted by molar-refractivity contribution is 7.91. The fourth-order valence-corrected chi connectivity index (χ4v) is 3.34. The summed E-state index contributed by atoms with van der Waals surface area (Å²) >= 11 is 0. The molecule has 0 atom stereocenters. The smallest absolute Gasteiger partial charge is 0.251 e. The van der Waals surface area contributed by atoms with Gasteiger partial charge >= 0.3 is 0 Å². The summed E-state index contributed by atoms with van der Waals surface area (Å²) in [6.45, 7) is 3.42. The number of amides is 2. The van der Waals surface area contributed by atoms with Crippen molar-refractivity contribution in [2.24, 2.45) is 5.92 Å². The highest BCUT2D eigenvalue weighted by Crippen LogP contribution is 2.13. The van der Waals surface area contributed by atoms with E-state index in [2.05, 4.69) is 10.6 Å². The summed E-state index contributed by atoms with van der Waals surface area (Å²) in [6, 6.07) is 10.9. The SMILES string of the molecule is CC(C)C(=O)Nc1cccc(C(=O)NCCS(=O)(=O)c2ccc(F)cc2)c1. The van der Waals surface area contributed by atoms with E-state index in [1.54, 1.807) is 32.0 Å². The first-order chi connectivity index (χ1) is 12.7. The fraction of sp³-hybridized carbons (Fsp3) is 0.263. The monoisotopic (exact) mass is 392 g/mol. The quantitative estimate of drug-likeness (QED) is 0.709. The van der Waals surface area contributed by atoms with Gasteiger partial charge in [-0.1, -0.05) is 19.9 Å². The van der Waals surface area contributed by atoms with Crippen LogP contribution in [0.5, 0.6) is 0 Å². The number of hydrogen-bond acceptors (Lipinski definition) is 4. The Kier molecular flexibility index (Phi) is 6.68. The average molecular weight is 392 g/mol. The molecule has 27 heavy (non-hydrogen) atoms. The van der Waals surface area contributed by atoms with E-state index < -0.39 is 21.6 Å². The molecule has 2 N–H and O–H groups in total. The third-order valence-electron chi connectivity index (χ3n) is 3.75. The summed E-state index contributed by atoms with van der Waals surface area (Å²) in [5.41, 5.74) is 0.788. The van der Waals surface area contributed by atoms with E-state index in [-0.39, 0.29) is 29.0 Å². The summed E-state index contributed by atoms with van der Waals surface area (Å²) in [5.74, 6) is -1.65. The van der Waals surface area contributed by atoms with E-state index in [9.17, 15) is 22.4 Å². The summed E-state index contributed by atoms with van der Waals surface area (Å²) < 4.78 is 37.3. The molecule has 8 heteroatoms. The Hall–Kier alpha value is -2.74. The number of anilines is 1. The molecule has 0 aliphatic heterocycles. The van der Waals surface area contributed by atoms with Crippen LogP contribution in [0.3, 0.4) is 0 Å². The van der Waals surface area contributed by atoms with Crippen LogP contribution in [0.2, 0.25) is 0 Å². The summed E-state index contributed by atoms with van der Waals surface area (Å²) in [6.07, 6.45) is 0. The van der Waals surface area contributed by atoms with Gasteiger partial charge in [0.2, 0.25) is 5.91 Å². The zero-order valence-electron chi connectivity index (χ0n) is 15.0. The second kappa shape index (κ2) is 8.77. The van der Waals surface area contributed by atoms with E-state index in [0.717, 1.165) is 12.1 Å². The standard InChI is InChI=1S/C19H21FN2O4S/c1-13(2)18(23)22-16-5-3-4-14(12-16)19(24)21-10-11-27(25,26)17-8-6-15(20)7-9-17/h3-9,12-13H,10-11H2,1-2H3,(H,21,24)(H,22,23). The van der Waals surface area contributed by atoms with Gasteiger partial charge < -0.3 is 10.6 Å². The van der Waals surface area contributed by atoms with Crippen LogP contribution >= 0.6 is 0 Å². The van der Waals surface area contributed by atoms with Crippen molar-refractivity contribution in [3.63, 3.8) is 0 Å². The Morgan fingerprint density at radius 3 is 2.37 bits per heavy atom. The molecule has 0 spiro atoms. The number of halogens is 1. The summed E-state index contributed by atoms with van der Waals surface area (Å²) in [7, 11) is -3.63. The van der Waals surface area contributed by atoms with Crippen LogP contribution in [0.1, 0.15) is 24.2 Å². The van der Waals surface area contributed by atoms with Crippen molar-refractivity contribution in [2.45, 2.75) is 18.7 Å². The molecule has 2 rings (SSSR count). The largest absolute Gasteiger partial charge is 0.351 e. The number of nitrogens with one attached hydrogen (secondary N) is 2. The summed E-state index contributed by atoms with van der Waals surface area (Å²) in [5, 5.41) is 5.23. The molecule has 0 fully saturated rings. The van der Waals surface area contributed by atoms with Gasteiger partial charge in [0, 0.05) is 23.7 Å². The molecule has 0 radical (unpaired) electrons. The van der Waals surface area contributed by atoms with Gasteiger partial charge in [-0.15, -0.1) is 0 Å². The molecule has 2 aromatic carbocycles. The Bertz CT molecular complexity index is 925. The van der Waals surface area contributed by atoms with Crippen LogP contribution in [0.15, 0.2) is 53.4 Å². The van der Waals surface area contributed by atoms with E-state index in [0.29, 0.717) is 11.3 Å². The highest BCUT2D eigenvalue weighted by Gasteiger charge is 2.15. The third-order valence-corrected chi connectivity index (χ3v) is 5.48. The maximum atomic E-state index is 12.9. The predicted molar refractivity (Wildman–Crippen MR) is 101 cm³/mol. The molecule has 0 bridgehead atoms. The Labute approximate surface area is 157 Å². The molecule has 0 saturated carbocycles. The first kappa shape index (κ1) is 20.6. The molecule has 6 nitrogen and oxygen atoms in total. The number of rotatable bonds is 7. The first-order valence-corrected chi connectivity index (χ1v) is 10.0. The average Bonchev–Trinajstić information content (AvgIpc) is 2.62. The molecule has 144 valence electrons. The molecular formula is C19H21FN2O4S. The lowest BCUT2D eigenvalue weighted by atomic mass is 10.1. The maximum absolute atomic E-state index is 12.9. The van der Waals surface area contributed by atoms with E-state index in [4.69, 9.17) is 0 Å². The van der Waals surface area contributed by atoms with Crippen molar-refractivity contribution in [1.29, 1.82) is 0 Å². The fourth-order valence-electron chi connectivity index (χ4n) is 2.19. The second-order valence-electron chi connectivity index (χ2n) is 6.25. The minimum atomic E-state index is -3.63. The van der Waals surface area contributed by atoms with Crippen molar-refractivity contribution in [1.82, 2.24) is 5.32 Å². The van der Waals surface area contributed by atoms with Crippen molar-refractivity contribution in [3.8, 4) is 0 Å². The molecule has 0 unspecified atom stereocenters. The van der Waals surface area contributed by atoms with Gasteiger partial charge in [-0.05, 0) is 42.5 Å². The van der Waals surface area contributed by atoms with Gasteiger partial charge in [-0.2, -0.15) is 0 Å². The zero-order valence-corrected chi connectivity index (χ0v) is 15.8. The van der Waals surface area contributed by atoms with Crippen LogP contribution in [-0.4, -0.2) is 32.5 Å². The molecule has 0 heterocycles. The minimum Gasteiger partial charge on any atom is -0.351 e. The predicted octanol–water partition coefficient (Wildman–Crippen LogP) is 2.62. The molecular weight excluding hydrogens is 371 g/mol. The lowest BCUT2D eigenvalue weighted by Crippen LogP contribution is -2.29.